The van der Waals surface area contributed by atoms with E-state index in [-0.39, 0.29) is 22.9 Å². The molecule has 0 atom stereocenters. The minimum Gasteiger partial charge on any atom is -0.493 e. The molecule has 0 aromatic heterocycles. The molecule has 3 rings (SSSR count). The Labute approximate surface area is 212 Å². The van der Waals surface area contributed by atoms with Crippen LogP contribution in [0.15, 0.2) is 75.7 Å². The van der Waals surface area contributed by atoms with Gasteiger partial charge in [-0.1, -0.05) is 29.8 Å². The Hall–Kier alpha value is -2.97. The van der Waals surface area contributed by atoms with Gasteiger partial charge in [-0.05, 0) is 64.8 Å². The van der Waals surface area contributed by atoms with Gasteiger partial charge >= 0.3 is 0 Å². The number of methoxy groups -OCH3 is 2. The number of sulfonamides is 1. The van der Waals surface area contributed by atoms with Crippen LogP contribution in [0.1, 0.15) is 5.56 Å². The van der Waals surface area contributed by atoms with Gasteiger partial charge in [0, 0.05) is 15.6 Å². The van der Waals surface area contributed by atoms with Crippen LogP contribution in [0.4, 0.5) is 11.4 Å². The average molecular weight is 566 g/mol. The first-order valence-electron chi connectivity index (χ1n) is 9.97. The monoisotopic (exact) mass is 564 g/mol. The van der Waals surface area contributed by atoms with Gasteiger partial charge in [0.25, 0.3) is 10.0 Å². The fourth-order valence-electron chi connectivity index (χ4n) is 3.22. The van der Waals surface area contributed by atoms with Crippen LogP contribution in [-0.4, -0.2) is 35.1 Å². The lowest BCUT2D eigenvalue weighted by molar-refractivity contribution is 0.354. The van der Waals surface area contributed by atoms with Gasteiger partial charge in [-0.2, -0.15) is 0 Å². The number of carbonyl (C=O) groups excluding carboxylic acids is 1. The smallest absolute Gasteiger partial charge is 0.264 e. The molecule has 34 heavy (non-hydrogen) atoms. The molecule has 3 aromatic rings. The molecule has 0 bridgehead atoms. The van der Waals surface area contributed by atoms with Crippen molar-refractivity contribution < 1.29 is 22.7 Å². The first kappa shape index (κ1) is 25.6. The van der Waals surface area contributed by atoms with Crippen LogP contribution in [0.25, 0.3) is 0 Å². The van der Waals surface area contributed by atoms with Gasteiger partial charge in [0.15, 0.2) is 11.5 Å². The number of anilines is 2. The molecular weight excluding hydrogens is 544 g/mol. The van der Waals surface area contributed by atoms with Crippen LogP contribution >= 0.6 is 27.5 Å². The van der Waals surface area contributed by atoms with Gasteiger partial charge in [-0.3, -0.25) is 4.31 Å². The van der Waals surface area contributed by atoms with Crippen LogP contribution in [0.2, 0.25) is 5.02 Å². The molecule has 0 heterocycles. The second kappa shape index (κ2) is 11.0. The van der Waals surface area contributed by atoms with E-state index in [0.29, 0.717) is 32.2 Å². The number of ether oxygens (including phenoxy) is 2. The van der Waals surface area contributed by atoms with E-state index in [1.54, 1.807) is 37.3 Å². The van der Waals surface area contributed by atoms with Crippen molar-refractivity contribution in [3.05, 3.63) is 81.4 Å². The third kappa shape index (κ3) is 5.56. The molecule has 0 fully saturated rings. The predicted octanol–water partition coefficient (Wildman–Crippen LogP) is 5.45. The second-order valence-electron chi connectivity index (χ2n) is 7.14. The number of rotatable bonds is 9. The van der Waals surface area contributed by atoms with Crippen LogP contribution in [0, 0.1) is 6.92 Å². The van der Waals surface area contributed by atoms with Crippen molar-refractivity contribution in [2.75, 3.05) is 30.4 Å². The lowest BCUT2D eigenvalue weighted by Gasteiger charge is -2.27. The quantitative estimate of drug-likeness (QED) is 0.347. The second-order valence-corrected chi connectivity index (χ2v) is 10.3. The third-order valence-corrected chi connectivity index (χ3v) is 7.65. The van der Waals surface area contributed by atoms with Gasteiger partial charge in [-0.15, -0.1) is 0 Å². The summed E-state index contributed by atoms with van der Waals surface area (Å²) in [6, 6.07) is 16.3. The first-order chi connectivity index (χ1) is 16.2. The fourth-order valence-corrected chi connectivity index (χ4v) is 5.28. The van der Waals surface area contributed by atoms with Crippen molar-refractivity contribution in [3.8, 4) is 11.5 Å². The normalized spacial score (nSPS) is 10.9. The standard InChI is InChI=1S/C24H22BrClN2O5S/c1-16-8-9-17(26)12-22(16)28(14-18(15-29)27-21-7-5-4-6-20(21)25)34(30,31)19-10-11-23(32-2)24(13-19)33-3/h4-13,27H,14H2,1-3H3. The van der Waals surface area contributed by atoms with Crippen molar-refractivity contribution in [3.63, 3.8) is 0 Å². The van der Waals surface area contributed by atoms with Crippen molar-refractivity contribution in [1.82, 2.24) is 0 Å². The Balaban J connectivity index is 2.11. The molecule has 3 aromatic carbocycles. The van der Waals surface area contributed by atoms with Gasteiger partial charge in [0.2, 0.25) is 0 Å². The summed E-state index contributed by atoms with van der Waals surface area (Å²) in [5, 5.41) is 3.31. The zero-order valence-electron chi connectivity index (χ0n) is 18.6. The largest absolute Gasteiger partial charge is 0.493 e. The lowest BCUT2D eigenvalue weighted by atomic mass is 10.2. The maximum Gasteiger partial charge on any atom is 0.264 e. The van der Waals surface area contributed by atoms with Crippen LogP contribution in [-0.2, 0) is 14.8 Å². The van der Waals surface area contributed by atoms with Crippen LogP contribution in [0.5, 0.6) is 11.5 Å². The van der Waals surface area contributed by atoms with E-state index >= 15 is 0 Å². The highest BCUT2D eigenvalue weighted by Crippen LogP contribution is 2.34. The molecule has 0 unspecified atom stereocenters. The number of nitrogens with zero attached hydrogens (tertiary/aromatic N) is 1. The van der Waals surface area contributed by atoms with Gasteiger partial charge in [-0.25, -0.2) is 13.2 Å². The number of benzene rings is 3. The number of halogens is 2. The molecule has 0 spiro atoms. The lowest BCUT2D eigenvalue weighted by Crippen LogP contribution is -2.35. The minimum absolute atomic E-state index is 0.00956. The van der Waals surface area contributed by atoms with Crippen molar-refractivity contribution in [1.29, 1.82) is 0 Å². The molecule has 0 radical (unpaired) electrons. The molecular formula is C24H22BrClN2O5S. The summed E-state index contributed by atoms with van der Waals surface area (Å²) in [7, 11) is -1.29. The van der Waals surface area contributed by atoms with Crippen LogP contribution < -0.4 is 19.1 Å². The SMILES string of the molecule is COc1ccc(S(=O)(=O)N(CC(=C=O)Nc2ccccc2Br)c2cc(Cl)ccc2C)cc1OC. The van der Waals surface area contributed by atoms with E-state index in [0.717, 1.165) is 4.31 Å². The summed E-state index contributed by atoms with van der Waals surface area (Å²) < 4.78 is 40.0. The Bertz CT molecular complexity index is 1360. The van der Waals surface area contributed by atoms with Gasteiger partial charge in [0.05, 0.1) is 37.0 Å². The van der Waals surface area contributed by atoms with Gasteiger partial charge in [0.1, 0.15) is 11.6 Å². The Morgan fingerprint density at radius 3 is 2.41 bits per heavy atom. The van der Waals surface area contributed by atoms with E-state index < -0.39 is 10.0 Å². The number of para-hydroxylation sites is 1. The molecule has 0 aliphatic carbocycles. The summed E-state index contributed by atoms with van der Waals surface area (Å²) in [6.07, 6.45) is 0. The summed E-state index contributed by atoms with van der Waals surface area (Å²) in [6.45, 7) is 1.44. The number of aryl methyl sites for hydroxylation is 1. The maximum atomic E-state index is 13.8. The number of nitrogens with one attached hydrogen (secondary N) is 1. The molecule has 0 amide bonds. The number of hydrogen-bond donors (Lipinski definition) is 1. The van der Waals surface area contributed by atoms with Crippen molar-refractivity contribution in [2.24, 2.45) is 0 Å². The molecule has 0 aliphatic rings. The molecule has 0 aliphatic heterocycles. The summed E-state index contributed by atoms with van der Waals surface area (Å²) >= 11 is 9.61. The Morgan fingerprint density at radius 1 is 1.06 bits per heavy atom. The first-order valence-corrected chi connectivity index (χ1v) is 12.6. The summed E-state index contributed by atoms with van der Waals surface area (Å²) in [5.41, 5.74) is 1.58. The zero-order chi connectivity index (χ0) is 24.9. The minimum atomic E-state index is -4.17. The predicted molar refractivity (Wildman–Crippen MR) is 137 cm³/mol. The molecule has 10 heteroatoms. The highest BCUT2D eigenvalue weighted by atomic mass is 79.9. The van der Waals surface area contributed by atoms with E-state index in [2.05, 4.69) is 21.2 Å². The number of hydrogen-bond acceptors (Lipinski definition) is 6. The summed E-state index contributed by atoms with van der Waals surface area (Å²) in [4.78, 5) is 11.8. The van der Waals surface area contributed by atoms with E-state index in [4.69, 9.17) is 21.1 Å². The van der Waals surface area contributed by atoms with E-state index in [9.17, 15) is 13.2 Å². The zero-order valence-corrected chi connectivity index (χ0v) is 21.8. The molecule has 178 valence electrons. The molecule has 1 N–H and O–H groups in total. The highest BCUT2D eigenvalue weighted by Gasteiger charge is 2.29. The van der Waals surface area contributed by atoms with Crippen molar-refractivity contribution in [2.45, 2.75) is 11.8 Å². The van der Waals surface area contributed by atoms with Crippen molar-refractivity contribution >= 4 is 54.9 Å². The average Bonchev–Trinajstić information content (AvgIpc) is 2.83. The van der Waals surface area contributed by atoms with Gasteiger partial charge < -0.3 is 14.8 Å². The third-order valence-electron chi connectivity index (χ3n) is 4.97. The molecule has 7 nitrogen and oxygen atoms in total. The Kier molecular flexibility index (Phi) is 8.28. The molecule has 0 saturated heterocycles. The maximum absolute atomic E-state index is 13.8. The Morgan fingerprint density at radius 2 is 1.76 bits per heavy atom. The summed E-state index contributed by atoms with van der Waals surface area (Å²) in [5.74, 6) is 2.47. The van der Waals surface area contributed by atoms with Crippen LogP contribution in [0.3, 0.4) is 0 Å². The van der Waals surface area contributed by atoms with E-state index in [1.165, 1.54) is 38.5 Å². The fraction of sp³-hybridized carbons (Fsp3) is 0.167. The molecule has 0 saturated carbocycles. The topological polar surface area (TPSA) is 84.9 Å². The van der Waals surface area contributed by atoms with E-state index in [1.807, 2.05) is 12.0 Å². The highest BCUT2D eigenvalue weighted by molar-refractivity contribution is 9.10.